The second-order valence-corrected chi connectivity index (χ2v) is 5.43. The Labute approximate surface area is 123 Å². The molecule has 4 nitrogen and oxygen atoms in total. The Kier molecular flexibility index (Phi) is 4.38. The molecule has 0 spiro atoms. The number of thiophene rings is 1. The fourth-order valence-electron chi connectivity index (χ4n) is 1.39. The molecule has 2 aromatic rings. The third-order valence-corrected chi connectivity index (χ3v) is 4.36. The highest BCUT2D eigenvalue weighted by molar-refractivity contribution is 7.17. The van der Waals surface area contributed by atoms with Crippen LogP contribution < -0.4 is 33.2 Å². The smallest absolute Gasteiger partial charge is 0.225 e. The lowest BCUT2D eigenvalue weighted by atomic mass is 10.4. The van der Waals surface area contributed by atoms with Crippen LogP contribution in [0.5, 0.6) is 0 Å². The standard InChI is InChI=1S/C12H11IN4S/c1-3-5-14-11-10-9(8(13)7-18-10)16-12(17-11)15-6-4-2/h1,4,7H,2,5-6H2,(H2,14,15,16,17)/q-1. The van der Waals surface area contributed by atoms with Crippen molar-refractivity contribution < 1.29 is 22.6 Å². The van der Waals surface area contributed by atoms with E-state index in [9.17, 15) is 0 Å². The van der Waals surface area contributed by atoms with Gasteiger partial charge in [-0.15, -0.1) is 24.3 Å². The molecule has 2 heterocycles. The van der Waals surface area contributed by atoms with Crippen molar-refractivity contribution in [3.63, 3.8) is 0 Å². The lowest BCUT2D eigenvalue weighted by Crippen LogP contribution is -3.34. The Bertz CT molecular complexity index is 614. The molecule has 6 heteroatoms. The predicted octanol–water partition coefficient (Wildman–Crippen LogP) is -0.943. The average Bonchev–Trinajstić information content (AvgIpc) is 2.75. The summed E-state index contributed by atoms with van der Waals surface area (Å²) in [4.78, 5) is 8.90. The molecule has 0 aromatic carbocycles. The van der Waals surface area contributed by atoms with Crippen LogP contribution in [-0.2, 0) is 0 Å². The Morgan fingerprint density at radius 2 is 2.33 bits per heavy atom. The zero-order valence-electron chi connectivity index (χ0n) is 9.53. The Hall–Kier alpha value is -1.33. The van der Waals surface area contributed by atoms with E-state index in [1.807, 2.05) is 0 Å². The fraction of sp³-hybridized carbons (Fsp3) is 0.167. The number of terminal acetylenes is 1. The summed E-state index contributed by atoms with van der Waals surface area (Å²) in [5.74, 6) is 3.90. The van der Waals surface area contributed by atoms with Crippen LogP contribution in [0.1, 0.15) is 0 Å². The van der Waals surface area contributed by atoms with Gasteiger partial charge in [-0.05, 0) is 5.38 Å². The molecule has 0 saturated heterocycles. The summed E-state index contributed by atoms with van der Waals surface area (Å²) >= 11 is 3.88. The molecule has 1 radical (unpaired) electrons. The molecular weight excluding hydrogens is 359 g/mol. The molecule has 0 aliphatic heterocycles. The first-order chi connectivity index (χ1) is 8.76. The van der Waals surface area contributed by atoms with Gasteiger partial charge in [0.15, 0.2) is 0 Å². The zero-order chi connectivity index (χ0) is 13.0. The molecule has 2 N–H and O–H groups in total. The minimum Gasteiger partial charge on any atom is -0.755 e. The first kappa shape index (κ1) is 13.1. The normalized spacial score (nSPS) is 10.0. The SMILES string of the molecule is C#CCNc1nc(NCC=C)nc2c([I-])csc12. The van der Waals surface area contributed by atoms with Gasteiger partial charge in [0.25, 0.3) is 0 Å². The van der Waals surface area contributed by atoms with Crippen LogP contribution in [0.3, 0.4) is 0 Å². The average molecular weight is 370 g/mol. The van der Waals surface area contributed by atoms with Gasteiger partial charge in [-0.2, -0.15) is 8.55 Å². The van der Waals surface area contributed by atoms with E-state index in [2.05, 4.69) is 61.1 Å². The largest absolute Gasteiger partial charge is 0.755 e. The van der Waals surface area contributed by atoms with Crippen LogP contribution in [0.4, 0.5) is 11.8 Å². The molecule has 93 valence electrons. The van der Waals surface area contributed by atoms with E-state index in [-0.39, 0.29) is 0 Å². The summed E-state index contributed by atoms with van der Waals surface area (Å²) in [6.07, 6.45) is 7.03. The summed E-state index contributed by atoms with van der Waals surface area (Å²) < 4.78 is 2.14. The first-order valence-corrected chi connectivity index (χ1v) is 7.19. The maximum absolute atomic E-state index is 5.26. The molecule has 2 aromatic heterocycles. The van der Waals surface area contributed by atoms with E-state index >= 15 is 0 Å². The number of hydrogen-bond donors (Lipinski definition) is 2. The van der Waals surface area contributed by atoms with Gasteiger partial charge >= 0.3 is 0 Å². The van der Waals surface area contributed by atoms with E-state index in [0.717, 1.165) is 19.6 Å². The van der Waals surface area contributed by atoms with Crippen LogP contribution >= 0.6 is 11.3 Å². The lowest BCUT2D eigenvalue weighted by Gasteiger charge is -2.09. The predicted molar refractivity (Wildman–Crippen MR) is 72.1 cm³/mol. The van der Waals surface area contributed by atoms with Crippen LogP contribution in [0.15, 0.2) is 18.0 Å². The number of nitrogens with one attached hydrogen (secondary N) is 2. The highest BCUT2D eigenvalue weighted by Gasteiger charge is 2.08. The van der Waals surface area contributed by atoms with Crippen molar-refractivity contribution in [3.8, 4) is 12.3 Å². The molecule has 0 aliphatic carbocycles. The van der Waals surface area contributed by atoms with Gasteiger partial charge in [0.2, 0.25) is 5.95 Å². The number of halogens is 1. The highest BCUT2D eigenvalue weighted by Crippen LogP contribution is 2.27. The van der Waals surface area contributed by atoms with Crippen molar-refractivity contribution >= 4 is 33.3 Å². The van der Waals surface area contributed by atoms with E-state index in [1.165, 1.54) is 0 Å². The Morgan fingerprint density at radius 3 is 3.06 bits per heavy atom. The van der Waals surface area contributed by atoms with Gasteiger partial charge < -0.3 is 33.2 Å². The van der Waals surface area contributed by atoms with E-state index < -0.39 is 0 Å². The fourth-order valence-corrected chi connectivity index (χ4v) is 3.17. The monoisotopic (exact) mass is 370 g/mol. The molecule has 0 unspecified atom stereocenters. The summed E-state index contributed by atoms with van der Waals surface area (Å²) in [5, 5.41) is 8.26. The number of nitrogens with zero attached hydrogens (tertiary/aromatic N) is 2. The number of fused-ring (bicyclic) bond motifs is 1. The van der Waals surface area contributed by atoms with Crippen molar-refractivity contribution in [1.82, 2.24) is 9.97 Å². The van der Waals surface area contributed by atoms with Gasteiger partial charge in [0.1, 0.15) is 5.82 Å². The molecule has 0 saturated carbocycles. The van der Waals surface area contributed by atoms with Crippen molar-refractivity contribution in [2.45, 2.75) is 0 Å². The van der Waals surface area contributed by atoms with Gasteiger partial charge in [-0.1, -0.05) is 12.0 Å². The third kappa shape index (κ3) is 2.73. The maximum atomic E-state index is 5.26. The molecular formula is C12H11IN4S-. The number of rotatable bonds is 5. The van der Waals surface area contributed by atoms with Crippen LogP contribution in [-0.4, -0.2) is 23.1 Å². The minimum atomic E-state index is 0.446. The van der Waals surface area contributed by atoms with Crippen molar-refractivity contribution in [3.05, 3.63) is 21.6 Å². The zero-order valence-corrected chi connectivity index (χ0v) is 12.5. The van der Waals surface area contributed by atoms with E-state index in [1.54, 1.807) is 17.4 Å². The van der Waals surface area contributed by atoms with E-state index in [4.69, 9.17) is 6.42 Å². The molecule has 0 fully saturated rings. The summed E-state index contributed by atoms with van der Waals surface area (Å²) in [6.45, 7) is 4.73. The molecule has 0 amide bonds. The van der Waals surface area contributed by atoms with Crippen molar-refractivity contribution in [2.75, 3.05) is 23.7 Å². The van der Waals surface area contributed by atoms with Gasteiger partial charge in [0.05, 0.1) is 16.8 Å². The van der Waals surface area contributed by atoms with Gasteiger partial charge in [-0.3, -0.25) is 0 Å². The number of hydrogen-bond acceptors (Lipinski definition) is 5. The number of aromatic nitrogens is 2. The van der Waals surface area contributed by atoms with Crippen LogP contribution in [0.25, 0.3) is 10.2 Å². The Morgan fingerprint density at radius 1 is 1.50 bits per heavy atom. The number of anilines is 2. The molecule has 18 heavy (non-hydrogen) atoms. The van der Waals surface area contributed by atoms with Crippen LogP contribution in [0, 0.1) is 15.9 Å². The summed E-state index contributed by atoms with van der Waals surface area (Å²) in [5.41, 5.74) is 0.946. The minimum absolute atomic E-state index is 0.446. The van der Waals surface area contributed by atoms with Crippen molar-refractivity contribution in [2.24, 2.45) is 0 Å². The molecule has 2 rings (SSSR count). The second kappa shape index (κ2) is 6.02. The van der Waals surface area contributed by atoms with Crippen molar-refractivity contribution in [1.29, 1.82) is 0 Å². The molecule has 0 bridgehead atoms. The van der Waals surface area contributed by atoms with Crippen LogP contribution in [0.2, 0.25) is 0 Å². The summed E-state index contributed by atoms with van der Waals surface area (Å²) in [7, 11) is 0. The molecule has 0 aliphatic rings. The van der Waals surface area contributed by atoms with Gasteiger partial charge in [-0.25, -0.2) is 4.98 Å². The maximum Gasteiger partial charge on any atom is 0.225 e. The quantitative estimate of drug-likeness (QED) is 0.405. The van der Waals surface area contributed by atoms with Gasteiger partial charge in [0, 0.05) is 6.54 Å². The Balaban J connectivity index is 2.44. The molecule has 0 atom stereocenters. The highest BCUT2D eigenvalue weighted by atomic mass is 127. The first-order valence-electron chi connectivity index (χ1n) is 5.23. The topological polar surface area (TPSA) is 49.8 Å². The lowest BCUT2D eigenvalue weighted by molar-refractivity contribution is -0.324. The summed E-state index contributed by atoms with van der Waals surface area (Å²) in [6, 6.07) is 0. The van der Waals surface area contributed by atoms with E-state index in [0.29, 0.717) is 19.0 Å². The third-order valence-electron chi connectivity index (χ3n) is 2.13. The second-order valence-electron chi connectivity index (χ2n) is 3.38.